The van der Waals surface area contributed by atoms with E-state index in [9.17, 15) is 9.59 Å². The molecule has 0 radical (unpaired) electrons. The first-order valence-electron chi connectivity index (χ1n) is 6.68. The fourth-order valence-electron chi connectivity index (χ4n) is 1.88. The molecule has 0 aromatic carbocycles. The first kappa shape index (κ1) is 15.8. The van der Waals surface area contributed by atoms with E-state index in [4.69, 9.17) is 9.47 Å². The Balaban J connectivity index is 2.45. The summed E-state index contributed by atoms with van der Waals surface area (Å²) < 4.78 is 10.2. The second kappa shape index (κ2) is 6.75. The zero-order chi connectivity index (χ0) is 14.5. The van der Waals surface area contributed by atoms with Crippen LogP contribution in [-0.4, -0.2) is 54.8 Å². The lowest BCUT2D eigenvalue weighted by molar-refractivity contribution is -0.144. The van der Waals surface area contributed by atoms with E-state index in [1.165, 1.54) is 0 Å². The fraction of sp³-hybridized carbons (Fsp3) is 0.846. The van der Waals surface area contributed by atoms with Gasteiger partial charge < -0.3 is 19.7 Å². The normalized spacial score (nSPS) is 20.0. The number of piperazine rings is 1. The molecule has 19 heavy (non-hydrogen) atoms. The molecule has 1 heterocycles. The van der Waals surface area contributed by atoms with E-state index in [0.29, 0.717) is 26.2 Å². The minimum atomic E-state index is -0.501. The molecule has 1 rings (SSSR count). The van der Waals surface area contributed by atoms with Gasteiger partial charge in [0, 0.05) is 25.7 Å². The number of nitrogens with one attached hydrogen (secondary N) is 1. The van der Waals surface area contributed by atoms with Gasteiger partial charge in [-0.25, -0.2) is 4.79 Å². The van der Waals surface area contributed by atoms with E-state index in [2.05, 4.69) is 5.32 Å². The predicted octanol–water partition coefficient (Wildman–Crippen LogP) is 1.15. The van der Waals surface area contributed by atoms with Crippen molar-refractivity contribution < 1.29 is 19.1 Å². The minimum Gasteiger partial charge on any atom is -0.466 e. The topological polar surface area (TPSA) is 67.9 Å². The third-order valence-corrected chi connectivity index (χ3v) is 2.63. The van der Waals surface area contributed by atoms with Crippen LogP contribution in [0.2, 0.25) is 0 Å². The first-order chi connectivity index (χ1) is 8.81. The van der Waals surface area contributed by atoms with E-state index in [1.54, 1.807) is 11.8 Å². The van der Waals surface area contributed by atoms with Gasteiger partial charge in [0.05, 0.1) is 13.0 Å². The molecule has 1 saturated heterocycles. The van der Waals surface area contributed by atoms with Crippen molar-refractivity contribution in [2.75, 3.05) is 26.2 Å². The number of hydrogen-bond acceptors (Lipinski definition) is 5. The van der Waals surface area contributed by atoms with Crippen LogP contribution in [0, 0.1) is 0 Å². The Kier molecular flexibility index (Phi) is 5.60. The van der Waals surface area contributed by atoms with E-state index >= 15 is 0 Å². The second-order valence-electron chi connectivity index (χ2n) is 5.59. The van der Waals surface area contributed by atoms with Crippen molar-refractivity contribution in [2.45, 2.75) is 45.8 Å². The quantitative estimate of drug-likeness (QED) is 0.781. The molecule has 0 unspecified atom stereocenters. The maximum atomic E-state index is 11.9. The van der Waals surface area contributed by atoms with Crippen LogP contribution in [-0.2, 0) is 14.3 Å². The number of nitrogens with zero attached hydrogens (tertiary/aromatic N) is 1. The fourth-order valence-corrected chi connectivity index (χ4v) is 1.88. The number of carbonyl (C=O) groups is 2. The van der Waals surface area contributed by atoms with Crippen LogP contribution in [0.4, 0.5) is 4.79 Å². The van der Waals surface area contributed by atoms with E-state index in [1.807, 2.05) is 20.8 Å². The maximum Gasteiger partial charge on any atom is 0.410 e. The second-order valence-corrected chi connectivity index (χ2v) is 5.59. The Morgan fingerprint density at radius 3 is 2.63 bits per heavy atom. The summed E-state index contributed by atoms with van der Waals surface area (Å²) in [5.41, 5.74) is -0.501. The van der Waals surface area contributed by atoms with Gasteiger partial charge in [0.2, 0.25) is 0 Å². The molecule has 0 spiro atoms. The molecule has 0 aromatic rings. The average Bonchev–Trinajstić information content (AvgIpc) is 2.27. The molecular formula is C13H24N2O4. The summed E-state index contributed by atoms with van der Waals surface area (Å²) in [6, 6.07) is -0.0691. The van der Waals surface area contributed by atoms with Crippen molar-refractivity contribution in [1.82, 2.24) is 10.2 Å². The predicted molar refractivity (Wildman–Crippen MR) is 70.8 cm³/mol. The van der Waals surface area contributed by atoms with Gasteiger partial charge in [-0.1, -0.05) is 0 Å². The van der Waals surface area contributed by atoms with Crippen LogP contribution in [0.5, 0.6) is 0 Å². The van der Waals surface area contributed by atoms with Crippen LogP contribution in [0.3, 0.4) is 0 Å². The number of hydrogen-bond donors (Lipinski definition) is 1. The number of ether oxygens (including phenoxy) is 2. The Morgan fingerprint density at radius 2 is 2.05 bits per heavy atom. The standard InChI is InChI=1S/C13H24N2O4/c1-5-18-11(16)8-10-9-15(7-6-14-10)12(17)19-13(2,3)4/h10,14H,5-9H2,1-4H3/t10-/m0/s1. The van der Waals surface area contributed by atoms with Crippen molar-refractivity contribution in [3.8, 4) is 0 Å². The van der Waals surface area contributed by atoms with Crippen LogP contribution in [0.1, 0.15) is 34.1 Å². The summed E-state index contributed by atoms with van der Waals surface area (Å²) >= 11 is 0. The van der Waals surface area contributed by atoms with Crippen molar-refractivity contribution in [3.63, 3.8) is 0 Å². The summed E-state index contributed by atoms with van der Waals surface area (Å²) in [7, 11) is 0. The molecule has 1 fully saturated rings. The van der Waals surface area contributed by atoms with E-state index in [0.717, 1.165) is 0 Å². The lowest BCUT2D eigenvalue weighted by Crippen LogP contribution is -2.54. The number of rotatable bonds is 3. The molecule has 6 nitrogen and oxygen atoms in total. The van der Waals surface area contributed by atoms with Gasteiger partial charge in [0.25, 0.3) is 0 Å². The Bertz CT molecular complexity index is 325. The molecule has 6 heteroatoms. The van der Waals surface area contributed by atoms with Gasteiger partial charge in [-0.2, -0.15) is 0 Å². The molecule has 0 bridgehead atoms. The summed E-state index contributed by atoms with van der Waals surface area (Å²) in [5, 5.41) is 3.21. The Hall–Kier alpha value is -1.30. The van der Waals surface area contributed by atoms with Gasteiger partial charge in [-0.3, -0.25) is 4.79 Å². The average molecular weight is 272 g/mol. The highest BCUT2D eigenvalue weighted by molar-refractivity contribution is 5.71. The lowest BCUT2D eigenvalue weighted by Gasteiger charge is -2.34. The van der Waals surface area contributed by atoms with Crippen LogP contribution in [0.15, 0.2) is 0 Å². The monoisotopic (exact) mass is 272 g/mol. The Labute approximate surface area is 114 Å². The maximum absolute atomic E-state index is 11.9. The molecular weight excluding hydrogens is 248 g/mol. The minimum absolute atomic E-state index is 0.0691. The van der Waals surface area contributed by atoms with Gasteiger partial charge in [0.15, 0.2) is 0 Å². The summed E-state index contributed by atoms with van der Waals surface area (Å²) in [4.78, 5) is 25.0. The number of carbonyl (C=O) groups excluding carboxylic acids is 2. The lowest BCUT2D eigenvalue weighted by atomic mass is 10.1. The van der Waals surface area contributed by atoms with Crippen LogP contribution < -0.4 is 5.32 Å². The van der Waals surface area contributed by atoms with Crippen molar-refractivity contribution >= 4 is 12.1 Å². The van der Waals surface area contributed by atoms with Gasteiger partial charge in [-0.15, -0.1) is 0 Å². The van der Waals surface area contributed by atoms with Gasteiger partial charge >= 0.3 is 12.1 Å². The zero-order valence-electron chi connectivity index (χ0n) is 12.2. The summed E-state index contributed by atoms with van der Waals surface area (Å²) in [5.74, 6) is -0.244. The van der Waals surface area contributed by atoms with E-state index < -0.39 is 5.60 Å². The third-order valence-electron chi connectivity index (χ3n) is 2.63. The SMILES string of the molecule is CCOC(=O)C[C@H]1CN(C(=O)OC(C)(C)C)CCN1. The molecule has 1 aliphatic heterocycles. The summed E-state index contributed by atoms with van der Waals surface area (Å²) in [6.45, 7) is 9.38. The van der Waals surface area contributed by atoms with Crippen molar-refractivity contribution in [1.29, 1.82) is 0 Å². The molecule has 0 saturated carbocycles. The molecule has 1 amide bonds. The highest BCUT2D eigenvalue weighted by Crippen LogP contribution is 2.12. The molecule has 1 atom stereocenters. The van der Waals surface area contributed by atoms with Crippen LogP contribution in [0.25, 0.3) is 0 Å². The molecule has 110 valence electrons. The van der Waals surface area contributed by atoms with E-state index in [-0.39, 0.29) is 24.5 Å². The van der Waals surface area contributed by atoms with Crippen molar-refractivity contribution in [2.24, 2.45) is 0 Å². The largest absolute Gasteiger partial charge is 0.466 e. The summed E-state index contributed by atoms with van der Waals surface area (Å²) in [6.07, 6.45) is -0.0597. The smallest absolute Gasteiger partial charge is 0.410 e. The number of amides is 1. The van der Waals surface area contributed by atoms with Crippen molar-refractivity contribution in [3.05, 3.63) is 0 Å². The molecule has 1 N–H and O–H groups in total. The Morgan fingerprint density at radius 1 is 1.37 bits per heavy atom. The first-order valence-corrected chi connectivity index (χ1v) is 6.68. The zero-order valence-corrected chi connectivity index (χ0v) is 12.2. The van der Waals surface area contributed by atoms with Gasteiger partial charge in [-0.05, 0) is 27.7 Å². The molecule has 0 aromatic heterocycles. The third kappa shape index (κ3) is 5.92. The van der Waals surface area contributed by atoms with Crippen LogP contribution >= 0.6 is 0 Å². The molecule has 0 aliphatic carbocycles. The highest BCUT2D eigenvalue weighted by atomic mass is 16.6. The van der Waals surface area contributed by atoms with Gasteiger partial charge in [0.1, 0.15) is 5.60 Å². The number of esters is 1. The molecule has 1 aliphatic rings. The highest BCUT2D eigenvalue weighted by Gasteiger charge is 2.28.